The van der Waals surface area contributed by atoms with Gasteiger partial charge in [-0.2, -0.15) is 0 Å². The molecule has 0 unspecified atom stereocenters. The van der Waals surface area contributed by atoms with Gasteiger partial charge in [0.1, 0.15) is 0 Å². The van der Waals surface area contributed by atoms with Crippen LogP contribution < -0.4 is 5.32 Å². The van der Waals surface area contributed by atoms with Crippen LogP contribution >= 0.6 is 22.7 Å². The molecule has 2 heterocycles. The predicted molar refractivity (Wildman–Crippen MR) is 110 cm³/mol. The summed E-state index contributed by atoms with van der Waals surface area (Å²) in [6.45, 7) is 5.33. The average Bonchev–Trinajstić information content (AvgIpc) is 3.17. The molecule has 0 aliphatic carbocycles. The molecule has 0 atom stereocenters. The molecule has 0 spiro atoms. The van der Waals surface area contributed by atoms with Crippen molar-refractivity contribution in [1.29, 1.82) is 0 Å². The number of aromatic nitrogens is 1. The number of nitrogens with zero attached hydrogens (tertiary/aromatic N) is 2. The molecule has 0 bridgehead atoms. The van der Waals surface area contributed by atoms with Crippen LogP contribution in [0.3, 0.4) is 0 Å². The van der Waals surface area contributed by atoms with Gasteiger partial charge in [-0.15, -0.1) is 22.7 Å². The molecule has 0 saturated heterocycles. The molecule has 1 aromatic carbocycles. The summed E-state index contributed by atoms with van der Waals surface area (Å²) in [6.07, 6.45) is 2.69. The van der Waals surface area contributed by atoms with Crippen molar-refractivity contribution in [3.8, 4) is 0 Å². The Morgan fingerprint density at radius 1 is 1.27 bits per heavy atom. The van der Waals surface area contributed by atoms with E-state index in [0.29, 0.717) is 11.7 Å². The number of thiazole rings is 1. The molecular weight excluding hydrogens is 362 g/mol. The van der Waals surface area contributed by atoms with Gasteiger partial charge in [0.25, 0.3) is 0 Å². The van der Waals surface area contributed by atoms with Gasteiger partial charge in [0.2, 0.25) is 5.91 Å². The highest BCUT2D eigenvalue weighted by Gasteiger charge is 2.11. The Hall–Kier alpha value is -2.02. The summed E-state index contributed by atoms with van der Waals surface area (Å²) in [5.41, 5.74) is 3.80. The highest BCUT2D eigenvalue weighted by Crippen LogP contribution is 2.22. The van der Waals surface area contributed by atoms with Crippen molar-refractivity contribution in [2.24, 2.45) is 0 Å². The molecule has 4 nitrogen and oxygen atoms in total. The van der Waals surface area contributed by atoms with Crippen LogP contribution in [-0.2, 0) is 17.8 Å². The number of benzene rings is 1. The van der Waals surface area contributed by atoms with Crippen molar-refractivity contribution in [2.45, 2.75) is 26.8 Å². The fraction of sp³-hybridized carbons (Fsp3) is 0.300. The van der Waals surface area contributed by atoms with E-state index < -0.39 is 0 Å². The van der Waals surface area contributed by atoms with Crippen LogP contribution in [0.1, 0.15) is 26.4 Å². The van der Waals surface area contributed by atoms with Gasteiger partial charge in [-0.25, -0.2) is 4.98 Å². The van der Waals surface area contributed by atoms with Crippen LogP contribution in [0.25, 0.3) is 0 Å². The van der Waals surface area contributed by atoms with Crippen LogP contribution in [0.5, 0.6) is 0 Å². The first-order valence-corrected chi connectivity index (χ1v) is 10.2. The molecule has 6 heteroatoms. The van der Waals surface area contributed by atoms with Crippen molar-refractivity contribution in [2.75, 3.05) is 18.9 Å². The highest BCUT2D eigenvalue weighted by molar-refractivity contribution is 7.15. The standard InChI is InChI=1S/C20H23N3OS2/c1-14-5-4-6-16(9-14)10-17-11-21-20(26-17)22-19(24)13-23(3)12-18-15(2)7-8-25-18/h4-9,11H,10,12-13H2,1-3H3,(H,21,22,24). The average molecular weight is 386 g/mol. The van der Waals surface area contributed by atoms with E-state index in [4.69, 9.17) is 0 Å². The quantitative estimate of drug-likeness (QED) is 0.652. The smallest absolute Gasteiger partial charge is 0.240 e. The third-order valence-electron chi connectivity index (χ3n) is 4.06. The second-order valence-electron chi connectivity index (χ2n) is 6.54. The lowest BCUT2D eigenvalue weighted by molar-refractivity contribution is -0.117. The molecule has 0 aliphatic heterocycles. The first-order valence-electron chi connectivity index (χ1n) is 8.51. The van der Waals surface area contributed by atoms with Crippen LogP contribution in [-0.4, -0.2) is 29.4 Å². The molecule has 1 amide bonds. The Morgan fingerprint density at radius 2 is 2.12 bits per heavy atom. The number of amides is 1. The molecule has 0 aliphatic rings. The number of anilines is 1. The normalized spacial score (nSPS) is 11.1. The van der Waals surface area contributed by atoms with Crippen LogP contribution in [0, 0.1) is 13.8 Å². The second-order valence-corrected chi connectivity index (χ2v) is 8.66. The monoisotopic (exact) mass is 385 g/mol. The largest absolute Gasteiger partial charge is 0.301 e. The fourth-order valence-corrected chi connectivity index (χ4v) is 4.59. The van der Waals surface area contributed by atoms with E-state index in [2.05, 4.69) is 59.9 Å². The summed E-state index contributed by atoms with van der Waals surface area (Å²) < 4.78 is 0. The van der Waals surface area contributed by atoms with E-state index in [-0.39, 0.29) is 5.91 Å². The lowest BCUT2D eigenvalue weighted by Crippen LogP contribution is -2.29. The van der Waals surface area contributed by atoms with E-state index in [0.717, 1.165) is 17.8 Å². The van der Waals surface area contributed by atoms with Crippen molar-refractivity contribution in [3.05, 3.63) is 68.4 Å². The number of thiophene rings is 1. The van der Waals surface area contributed by atoms with Crippen molar-refractivity contribution in [3.63, 3.8) is 0 Å². The summed E-state index contributed by atoms with van der Waals surface area (Å²) in [7, 11) is 1.96. The minimum Gasteiger partial charge on any atom is -0.301 e. The van der Waals surface area contributed by atoms with Crippen molar-refractivity contribution >= 4 is 33.7 Å². The number of hydrogen-bond donors (Lipinski definition) is 1. The van der Waals surface area contributed by atoms with Crippen molar-refractivity contribution < 1.29 is 4.79 Å². The molecule has 3 aromatic rings. The van der Waals surface area contributed by atoms with Gasteiger partial charge in [0.05, 0.1) is 6.54 Å². The molecule has 2 aromatic heterocycles. The Kier molecular flexibility index (Phi) is 6.19. The van der Waals surface area contributed by atoms with Crippen LogP contribution in [0.4, 0.5) is 5.13 Å². The highest BCUT2D eigenvalue weighted by atomic mass is 32.1. The van der Waals surface area contributed by atoms with Gasteiger partial charge in [-0.1, -0.05) is 29.8 Å². The fourth-order valence-electron chi connectivity index (χ4n) is 2.74. The van der Waals surface area contributed by atoms with Gasteiger partial charge in [0, 0.05) is 28.9 Å². The van der Waals surface area contributed by atoms with Gasteiger partial charge in [-0.3, -0.25) is 9.69 Å². The molecule has 0 saturated carbocycles. The van der Waals surface area contributed by atoms with Gasteiger partial charge in [0.15, 0.2) is 5.13 Å². The Bertz CT molecular complexity index is 885. The Morgan fingerprint density at radius 3 is 2.85 bits per heavy atom. The number of aryl methyl sites for hydroxylation is 2. The van der Waals surface area contributed by atoms with Crippen LogP contribution in [0.2, 0.25) is 0 Å². The molecular formula is C20H23N3OS2. The minimum absolute atomic E-state index is 0.0295. The second kappa shape index (κ2) is 8.58. The Labute approximate surface area is 162 Å². The first-order chi connectivity index (χ1) is 12.5. The number of hydrogen-bond acceptors (Lipinski definition) is 5. The van der Waals surface area contributed by atoms with Gasteiger partial charge >= 0.3 is 0 Å². The summed E-state index contributed by atoms with van der Waals surface area (Å²) >= 11 is 3.27. The Balaban J connectivity index is 1.51. The van der Waals surface area contributed by atoms with E-state index in [9.17, 15) is 4.79 Å². The number of likely N-dealkylation sites (N-methyl/N-ethyl adjacent to an activating group) is 1. The lowest BCUT2D eigenvalue weighted by atomic mass is 10.1. The third-order valence-corrected chi connectivity index (χ3v) is 5.98. The summed E-state index contributed by atoms with van der Waals surface area (Å²) in [6, 6.07) is 10.6. The third kappa shape index (κ3) is 5.24. The predicted octanol–water partition coefficient (Wildman–Crippen LogP) is 4.48. The maximum absolute atomic E-state index is 12.3. The number of rotatable bonds is 7. The van der Waals surface area contributed by atoms with Crippen LogP contribution in [0.15, 0.2) is 41.9 Å². The van der Waals surface area contributed by atoms with E-state index in [1.54, 1.807) is 11.3 Å². The summed E-state index contributed by atoms with van der Waals surface area (Å²) in [5, 5.41) is 5.67. The first kappa shape index (κ1) is 18.8. The maximum Gasteiger partial charge on any atom is 0.240 e. The molecule has 0 radical (unpaired) electrons. The zero-order valence-electron chi connectivity index (χ0n) is 15.3. The summed E-state index contributed by atoms with van der Waals surface area (Å²) in [4.78, 5) is 21.1. The van der Waals surface area contributed by atoms with Crippen molar-refractivity contribution in [1.82, 2.24) is 9.88 Å². The number of carbonyl (C=O) groups excluding carboxylic acids is 1. The molecule has 26 heavy (non-hydrogen) atoms. The SMILES string of the molecule is Cc1cccc(Cc2cnc(NC(=O)CN(C)Cc3sccc3C)s2)c1. The van der Waals surface area contributed by atoms with E-state index in [1.807, 2.05) is 18.1 Å². The maximum atomic E-state index is 12.3. The zero-order valence-corrected chi connectivity index (χ0v) is 16.9. The lowest BCUT2D eigenvalue weighted by Gasteiger charge is -2.15. The number of nitrogens with one attached hydrogen (secondary N) is 1. The number of carbonyl (C=O) groups is 1. The molecule has 0 fully saturated rings. The summed E-state index contributed by atoms with van der Waals surface area (Å²) in [5.74, 6) is -0.0295. The van der Waals surface area contributed by atoms with E-state index in [1.165, 1.54) is 32.9 Å². The zero-order chi connectivity index (χ0) is 18.5. The molecule has 3 rings (SSSR count). The molecule has 1 N–H and O–H groups in total. The topological polar surface area (TPSA) is 45.2 Å². The molecule has 136 valence electrons. The van der Waals surface area contributed by atoms with Gasteiger partial charge in [-0.05, 0) is 43.5 Å². The minimum atomic E-state index is -0.0295. The van der Waals surface area contributed by atoms with Gasteiger partial charge < -0.3 is 5.32 Å². The van der Waals surface area contributed by atoms with E-state index >= 15 is 0 Å².